The van der Waals surface area contributed by atoms with E-state index in [1.807, 2.05) is 0 Å². The van der Waals surface area contributed by atoms with Crippen molar-refractivity contribution in [3.05, 3.63) is 72.9 Å². The van der Waals surface area contributed by atoms with Crippen LogP contribution in [0.2, 0.25) is 0 Å². The number of esters is 3. The highest BCUT2D eigenvalue weighted by molar-refractivity contribution is 5.71. The van der Waals surface area contributed by atoms with Gasteiger partial charge in [0.25, 0.3) is 0 Å². The number of hydrogen-bond acceptors (Lipinski definition) is 6. The van der Waals surface area contributed by atoms with Crippen LogP contribution in [0.1, 0.15) is 323 Å². The Labute approximate surface area is 459 Å². The van der Waals surface area contributed by atoms with Crippen LogP contribution in [0.5, 0.6) is 0 Å². The summed E-state index contributed by atoms with van der Waals surface area (Å²) >= 11 is 0. The quantitative estimate of drug-likeness (QED) is 0.0261. The average molecular weight is 1030 g/mol. The zero-order valence-electron chi connectivity index (χ0n) is 49.1. The molecule has 0 heterocycles. The van der Waals surface area contributed by atoms with Gasteiger partial charge in [0.05, 0.1) is 0 Å². The van der Waals surface area contributed by atoms with Crippen molar-refractivity contribution in [2.75, 3.05) is 13.2 Å². The fourth-order valence-corrected chi connectivity index (χ4v) is 9.16. The standard InChI is InChI=1S/C68H120O6/c1-4-7-10-13-16-19-22-23-24-25-26-27-28-29-30-31-32-33-34-35-36-37-38-39-40-41-42-43-44-45-47-49-52-55-58-61-67(70)73-64-65(63-72-66(69)60-57-54-51-48-21-18-15-12-9-6-3)74-68(71)62-59-56-53-50-46-20-17-14-11-8-5-2/h7,10,14,16-17,19,23-24,26-27,29-30,65H,4-6,8-9,11-13,15,18,20-22,25,28,31-64H2,1-3H3/b10-7-,17-14-,19-16-,24-23-,27-26-,30-29-. The lowest BCUT2D eigenvalue weighted by atomic mass is 10.0. The van der Waals surface area contributed by atoms with E-state index in [4.69, 9.17) is 14.2 Å². The van der Waals surface area contributed by atoms with Crippen molar-refractivity contribution in [3.8, 4) is 0 Å². The topological polar surface area (TPSA) is 78.9 Å². The molecule has 0 amide bonds. The van der Waals surface area contributed by atoms with Crippen LogP contribution in [0.3, 0.4) is 0 Å². The summed E-state index contributed by atoms with van der Waals surface area (Å²) in [7, 11) is 0. The number of carbonyl (C=O) groups is 3. The molecule has 0 aliphatic heterocycles. The Bertz CT molecular complexity index is 1370. The molecule has 0 bridgehead atoms. The normalized spacial score (nSPS) is 12.5. The number of unbranched alkanes of at least 4 members (excludes halogenated alkanes) is 35. The highest BCUT2D eigenvalue weighted by Gasteiger charge is 2.19. The van der Waals surface area contributed by atoms with E-state index < -0.39 is 6.10 Å². The summed E-state index contributed by atoms with van der Waals surface area (Å²) < 4.78 is 16.8. The smallest absolute Gasteiger partial charge is 0.306 e. The van der Waals surface area contributed by atoms with Crippen LogP contribution in [0, 0.1) is 0 Å². The van der Waals surface area contributed by atoms with Crippen LogP contribution >= 0.6 is 0 Å². The zero-order valence-corrected chi connectivity index (χ0v) is 49.1. The van der Waals surface area contributed by atoms with Gasteiger partial charge in [-0.2, -0.15) is 0 Å². The van der Waals surface area contributed by atoms with Crippen molar-refractivity contribution < 1.29 is 28.6 Å². The predicted molar refractivity (Wildman–Crippen MR) is 321 cm³/mol. The second kappa shape index (κ2) is 62.4. The largest absolute Gasteiger partial charge is 0.462 e. The molecule has 0 N–H and O–H groups in total. The van der Waals surface area contributed by atoms with Crippen LogP contribution in [0.4, 0.5) is 0 Å². The van der Waals surface area contributed by atoms with Crippen molar-refractivity contribution in [1.82, 2.24) is 0 Å². The molecule has 6 nitrogen and oxygen atoms in total. The molecule has 0 radical (unpaired) electrons. The van der Waals surface area contributed by atoms with Crippen LogP contribution < -0.4 is 0 Å². The Morgan fingerprint density at radius 2 is 0.541 bits per heavy atom. The fraction of sp³-hybridized carbons (Fsp3) is 0.779. The second-order valence-electron chi connectivity index (χ2n) is 21.3. The van der Waals surface area contributed by atoms with Gasteiger partial charge in [-0.1, -0.05) is 293 Å². The number of hydrogen-bond donors (Lipinski definition) is 0. The maximum Gasteiger partial charge on any atom is 0.306 e. The van der Waals surface area contributed by atoms with Gasteiger partial charge in [-0.05, 0) is 83.5 Å². The Kier molecular flexibility index (Phi) is 59.7. The summed E-state index contributed by atoms with van der Waals surface area (Å²) in [6, 6.07) is 0. The molecule has 0 aliphatic rings. The summed E-state index contributed by atoms with van der Waals surface area (Å²) in [6.07, 6.45) is 80.8. The number of rotatable bonds is 58. The lowest BCUT2D eigenvalue weighted by Gasteiger charge is -2.18. The molecular weight excluding hydrogens is 913 g/mol. The zero-order chi connectivity index (χ0) is 53.6. The Morgan fingerprint density at radius 3 is 0.878 bits per heavy atom. The van der Waals surface area contributed by atoms with Crippen molar-refractivity contribution in [1.29, 1.82) is 0 Å². The molecule has 1 unspecified atom stereocenters. The lowest BCUT2D eigenvalue weighted by Crippen LogP contribution is -2.30. The summed E-state index contributed by atoms with van der Waals surface area (Å²) in [6.45, 7) is 6.49. The first-order valence-electron chi connectivity index (χ1n) is 31.9. The Balaban J connectivity index is 3.98. The molecule has 0 aromatic rings. The van der Waals surface area contributed by atoms with Crippen LogP contribution in [-0.2, 0) is 28.6 Å². The minimum Gasteiger partial charge on any atom is -0.462 e. The Morgan fingerprint density at radius 1 is 0.284 bits per heavy atom. The first-order valence-corrected chi connectivity index (χ1v) is 31.9. The minimum atomic E-state index is -0.773. The van der Waals surface area contributed by atoms with E-state index in [-0.39, 0.29) is 31.1 Å². The molecule has 0 fully saturated rings. The maximum atomic E-state index is 12.8. The molecule has 0 aromatic carbocycles. The third-order valence-electron chi connectivity index (χ3n) is 13.9. The molecule has 0 rings (SSSR count). The molecule has 0 spiro atoms. The van der Waals surface area contributed by atoms with E-state index >= 15 is 0 Å². The van der Waals surface area contributed by atoms with Gasteiger partial charge in [0.1, 0.15) is 13.2 Å². The monoisotopic (exact) mass is 1030 g/mol. The van der Waals surface area contributed by atoms with Gasteiger partial charge in [-0.25, -0.2) is 0 Å². The summed E-state index contributed by atoms with van der Waals surface area (Å²) in [5.74, 6) is -0.871. The van der Waals surface area contributed by atoms with Crippen LogP contribution in [-0.4, -0.2) is 37.2 Å². The van der Waals surface area contributed by atoms with Crippen molar-refractivity contribution in [3.63, 3.8) is 0 Å². The number of allylic oxidation sites excluding steroid dienone is 12. The van der Waals surface area contributed by atoms with Gasteiger partial charge in [-0.3, -0.25) is 14.4 Å². The lowest BCUT2D eigenvalue weighted by molar-refractivity contribution is -0.167. The van der Waals surface area contributed by atoms with Gasteiger partial charge < -0.3 is 14.2 Å². The van der Waals surface area contributed by atoms with Gasteiger partial charge >= 0.3 is 17.9 Å². The molecular formula is C68H120O6. The maximum absolute atomic E-state index is 12.8. The van der Waals surface area contributed by atoms with Gasteiger partial charge in [0.2, 0.25) is 0 Å². The highest BCUT2D eigenvalue weighted by atomic mass is 16.6. The molecule has 1 atom stereocenters. The van der Waals surface area contributed by atoms with E-state index in [1.165, 1.54) is 180 Å². The molecule has 74 heavy (non-hydrogen) atoms. The van der Waals surface area contributed by atoms with Crippen molar-refractivity contribution in [2.45, 2.75) is 329 Å². The number of carbonyl (C=O) groups excluding carboxylic acids is 3. The van der Waals surface area contributed by atoms with Crippen LogP contribution in [0.15, 0.2) is 72.9 Å². The predicted octanol–water partition coefficient (Wildman–Crippen LogP) is 21.7. The molecule has 0 aromatic heterocycles. The fourth-order valence-electron chi connectivity index (χ4n) is 9.16. The first-order chi connectivity index (χ1) is 36.5. The molecule has 6 heteroatoms. The molecule has 0 saturated carbocycles. The summed E-state index contributed by atoms with van der Waals surface area (Å²) in [4.78, 5) is 38.0. The van der Waals surface area contributed by atoms with E-state index in [0.29, 0.717) is 19.3 Å². The van der Waals surface area contributed by atoms with Crippen molar-refractivity contribution >= 4 is 17.9 Å². The average Bonchev–Trinajstić information content (AvgIpc) is 3.40. The van der Waals surface area contributed by atoms with Crippen LogP contribution in [0.25, 0.3) is 0 Å². The SMILES string of the molecule is CC/C=C\C/C=C\C/C=C\C/C=C\C/C=C\CCCCCCCCCCCCCCCCCCCCCC(=O)OCC(COC(=O)CCCCCCCCCCCC)OC(=O)CCCCCCC/C=C\CCCC. The van der Waals surface area contributed by atoms with E-state index in [1.54, 1.807) is 0 Å². The van der Waals surface area contributed by atoms with E-state index in [0.717, 1.165) is 103 Å². The molecule has 0 aliphatic carbocycles. The third-order valence-corrected chi connectivity index (χ3v) is 13.9. The van der Waals surface area contributed by atoms with Crippen molar-refractivity contribution in [2.24, 2.45) is 0 Å². The first kappa shape index (κ1) is 70.8. The van der Waals surface area contributed by atoms with E-state index in [9.17, 15) is 14.4 Å². The highest BCUT2D eigenvalue weighted by Crippen LogP contribution is 2.17. The second-order valence-corrected chi connectivity index (χ2v) is 21.3. The van der Waals surface area contributed by atoms with E-state index in [2.05, 4.69) is 93.7 Å². The van der Waals surface area contributed by atoms with Gasteiger partial charge in [0.15, 0.2) is 6.10 Å². The minimum absolute atomic E-state index is 0.0730. The molecule has 0 saturated heterocycles. The Hall–Kier alpha value is -3.15. The molecule has 428 valence electrons. The third kappa shape index (κ3) is 59.7. The summed E-state index contributed by atoms with van der Waals surface area (Å²) in [5.41, 5.74) is 0. The summed E-state index contributed by atoms with van der Waals surface area (Å²) in [5, 5.41) is 0. The van der Waals surface area contributed by atoms with Gasteiger partial charge in [-0.15, -0.1) is 0 Å². The van der Waals surface area contributed by atoms with Gasteiger partial charge in [0, 0.05) is 19.3 Å². The number of ether oxygens (including phenoxy) is 3.